The molecule has 4 rings (SSSR count). The number of fused-ring (bicyclic) bond motifs is 2. The van der Waals surface area contributed by atoms with Crippen LogP contribution >= 0.6 is 0 Å². The van der Waals surface area contributed by atoms with E-state index in [1.807, 2.05) is 11.8 Å². The van der Waals surface area contributed by atoms with E-state index in [0.29, 0.717) is 19.2 Å². The predicted octanol–water partition coefficient (Wildman–Crippen LogP) is 3.54. The molecule has 2 saturated heterocycles. The maximum Gasteiger partial charge on any atom is 0.409 e. The van der Waals surface area contributed by atoms with E-state index in [2.05, 4.69) is 4.90 Å². The van der Waals surface area contributed by atoms with Gasteiger partial charge < -0.3 is 19.4 Å². The number of benzene rings is 1. The minimum absolute atomic E-state index is 0.0205. The summed E-state index contributed by atoms with van der Waals surface area (Å²) in [7, 11) is 0. The van der Waals surface area contributed by atoms with Crippen molar-refractivity contribution >= 4 is 17.7 Å². The van der Waals surface area contributed by atoms with Crippen LogP contribution in [0.3, 0.4) is 0 Å². The second-order valence-corrected chi connectivity index (χ2v) is 8.85. The van der Waals surface area contributed by atoms with Gasteiger partial charge in [-0.15, -0.1) is 0 Å². The van der Waals surface area contributed by atoms with Gasteiger partial charge in [-0.2, -0.15) is 0 Å². The van der Waals surface area contributed by atoms with Crippen LogP contribution in [-0.4, -0.2) is 67.2 Å². The SMILES string of the molecule is CCOC(=O)N1CCC(N2CCCC3(CC2)CN(C(C)=O)c2ccc(F)cc23)CC1. The summed E-state index contributed by atoms with van der Waals surface area (Å²) in [5.74, 6) is -0.210. The number of rotatable bonds is 2. The van der Waals surface area contributed by atoms with Gasteiger partial charge in [0.25, 0.3) is 0 Å². The summed E-state index contributed by atoms with van der Waals surface area (Å²) in [4.78, 5) is 30.4. The average Bonchev–Trinajstić information content (AvgIpc) is 2.89. The largest absolute Gasteiger partial charge is 0.450 e. The van der Waals surface area contributed by atoms with E-state index >= 15 is 0 Å². The zero-order valence-corrected chi connectivity index (χ0v) is 18.0. The highest BCUT2D eigenvalue weighted by Crippen LogP contribution is 2.47. The van der Waals surface area contributed by atoms with E-state index in [0.717, 1.165) is 69.5 Å². The van der Waals surface area contributed by atoms with Crippen LogP contribution < -0.4 is 4.90 Å². The molecule has 2 amide bonds. The molecule has 6 nitrogen and oxygen atoms in total. The molecule has 0 N–H and O–H groups in total. The van der Waals surface area contributed by atoms with Crippen LogP contribution in [0.4, 0.5) is 14.9 Å². The number of halogens is 1. The molecule has 0 saturated carbocycles. The molecule has 1 aromatic carbocycles. The molecule has 1 unspecified atom stereocenters. The second-order valence-electron chi connectivity index (χ2n) is 8.85. The minimum atomic E-state index is -0.231. The Morgan fingerprint density at radius 3 is 2.63 bits per heavy atom. The highest BCUT2D eigenvalue weighted by atomic mass is 19.1. The third kappa shape index (κ3) is 3.92. The zero-order valence-electron chi connectivity index (χ0n) is 18.0. The Bertz CT molecular complexity index is 809. The molecule has 1 spiro atoms. The van der Waals surface area contributed by atoms with E-state index in [4.69, 9.17) is 4.74 Å². The summed E-state index contributed by atoms with van der Waals surface area (Å²) < 4.78 is 19.2. The van der Waals surface area contributed by atoms with Gasteiger partial charge in [0.2, 0.25) is 5.91 Å². The van der Waals surface area contributed by atoms with Gasteiger partial charge in [-0.3, -0.25) is 4.79 Å². The summed E-state index contributed by atoms with van der Waals surface area (Å²) in [6, 6.07) is 5.32. The molecule has 0 aliphatic carbocycles. The number of piperidine rings is 1. The molecular weight excluding hydrogens is 385 g/mol. The first kappa shape index (κ1) is 21.1. The highest BCUT2D eigenvalue weighted by Gasteiger charge is 2.45. The Morgan fingerprint density at radius 1 is 1.17 bits per heavy atom. The Morgan fingerprint density at radius 2 is 1.93 bits per heavy atom. The molecule has 2 fully saturated rings. The van der Waals surface area contributed by atoms with Gasteiger partial charge in [-0.05, 0) is 75.9 Å². The minimum Gasteiger partial charge on any atom is -0.450 e. The number of ether oxygens (including phenoxy) is 1. The standard InChI is InChI=1S/C23H32FN3O3/c1-3-30-22(29)26-12-7-19(8-13-26)25-11-4-9-23(10-14-25)16-27(17(2)28)21-6-5-18(24)15-20(21)23/h5-6,15,19H,3-4,7-14,16H2,1-2H3. The van der Waals surface area contributed by atoms with E-state index in [9.17, 15) is 14.0 Å². The average molecular weight is 418 g/mol. The summed E-state index contributed by atoms with van der Waals surface area (Å²) in [6.07, 6.45) is 4.61. The summed E-state index contributed by atoms with van der Waals surface area (Å²) in [5.41, 5.74) is 1.71. The van der Waals surface area contributed by atoms with Crippen molar-refractivity contribution in [2.24, 2.45) is 0 Å². The molecule has 164 valence electrons. The summed E-state index contributed by atoms with van der Waals surface area (Å²) in [6.45, 7) is 7.89. The fourth-order valence-electron chi connectivity index (χ4n) is 5.56. The molecular formula is C23H32FN3O3. The fourth-order valence-corrected chi connectivity index (χ4v) is 5.56. The third-order valence-electron chi connectivity index (χ3n) is 7.15. The number of carbonyl (C=O) groups excluding carboxylic acids is 2. The predicted molar refractivity (Wildman–Crippen MR) is 113 cm³/mol. The lowest BCUT2D eigenvalue weighted by Gasteiger charge is -2.38. The first-order valence-electron chi connectivity index (χ1n) is 11.2. The van der Waals surface area contributed by atoms with Gasteiger partial charge >= 0.3 is 6.09 Å². The maximum absolute atomic E-state index is 14.1. The highest BCUT2D eigenvalue weighted by molar-refractivity contribution is 5.94. The molecule has 0 bridgehead atoms. The topological polar surface area (TPSA) is 53.1 Å². The Hall–Kier alpha value is -2.15. The second kappa shape index (κ2) is 8.53. The molecule has 0 aromatic heterocycles. The fraction of sp³-hybridized carbons (Fsp3) is 0.652. The molecule has 3 aliphatic heterocycles. The molecule has 0 radical (unpaired) electrons. The molecule has 3 heterocycles. The zero-order chi connectivity index (χ0) is 21.3. The lowest BCUT2D eigenvalue weighted by Crippen LogP contribution is -2.47. The van der Waals surface area contributed by atoms with Crippen LogP contribution in [0.1, 0.15) is 51.5 Å². The Labute approximate surface area is 177 Å². The first-order chi connectivity index (χ1) is 14.4. The first-order valence-corrected chi connectivity index (χ1v) is 11.2. The van der Waals surface area contributed by atoms with Crippen molar-refractivity contribution < 1.29 is 18.7 Å². The Kier molecular flexibility index (Phi) is 6.00. The van der Waals surface area contributed by atoms with Gasteiger partial charge in [0.1, 0.15) is 5.82 Å². The van der Waals surface area contributed by atoms with E-state index < -0.39 is 0 Å². The van der Waals surface area contributed by atoms with Gasteiger partial charge in [-0.1, -0.05) is 0 Å². The Balaban J connectivity index is 1.45. The smallest absolute Gasteiger partial charge is 0.409 e. The monoisotopic (exact) mass is 417 g/mol. The lowest BCUT2D eigenvalue weighted by atomic mass is 9.76. The molecule has 1 atom stereocenters. The number of amides is 2. The number of hydrogen-bond acceptors (Lipinski definition) is 4. The molecule has 30 heavy (non-hydrogen) atoms. The maximum atomic E-state index is 14.1. The van der Waals surface area contributed by atoms with Crippen molar-refractivity contribution in [2.75, 3.05) is 44.2 Å². The van der Waals surface area contributed by atoms with Gasteiger partial charge in [0.05, 0.1) is 6.61 Å². The van der Waals surface area contributed by atoms with Crippen LogP contribution in [0.2, 0.25) is 0 Å². The van der Waals surface area contributed by atoms with Crippen molar-refractivity contribution in [3.05, 3.63) is 29.6 Å². The number of likely N-dealkylation sites (tertiary alicyclic amines) is 2. The number of carbonyl (C=O) groups is 2. The normalized spacial score (nSPS) is 25.3. The molecule has 3 aliphatic rings. The van der Waals surface area contributed by atoms with Crippen LogP contribution in [0.5, 0.6) is 0 Å². The van der Waals surface area contributed by atoms with Crippen LogP contribution in [0.25, 0.3) is 0 Å². The summed E-state index contributed by atoms with van der Waals surface area (Å²) in [5, 5.41) is 0. The van der Waals surface area contributed by atoms with Crippen LogP contribution in [0, 0.1) is 5.82 Å². The van der Waals surface area contributed by atoms with Gasteiger partial charge in [0.15, 0.2) is 0 Å². The van der Waals surface area contributed by atoms with Crippen LogP contribution in [0.15, 0.2) is 18.2 Å². The number of nitrogens with zero attached hydrogens (tertiary/aromatic N) is 3. The van der Waals surface area contributed by atoms with E-state index in [1.165, 1.54) is 6.07 Å². The molecule has 7 heteroatoms. The van der Waals surface area contributed by atoms with Gasteiger partial charge in [-0.25, -0.2) is 9.18 Å². The quantitative estimate of drug-likeness (QED) is 0.739. The van der Waals surface area contributed by atoms with E-state index in [-0.39, 0.29) is 23.2 Å². The van der Waals surface area contributed by atoms with Crippen molar-refractivity contribution in [1.29, 1.82) is 0 Å². The number of anilines is 1. The van der Waals surface area contributed by atoms with Crippen molar-refractivity contribution in [3.63, 3.8) is 0 Å². The van der Waals surface area contributed by atoms with Gasteiger partial charge in [0, 0.05) is 43.7 Å². The third-order valence-corrected chi connectivity index (χ3v) is 7.15. The van der Waals surface area contributed by atoms with Crippen molar-refractivity contribution in [2.45, 2.75) is 57.4 Å². The van der Waals surface area contributed by atoms with Crippen molar-refractivity contribution in [3.8, 4) is 0 Å². The summed E-state index contributed by atoms with van der Waals surface area (Å²) >= 11 is 0. The van der Waals surface area contributed by atoms with E-state index in [1.54, 1.807) is 24.0 Å². The lowest BCUT2D eigenvalue weighted by molar-refractivity contribution is -0.116. The molecule has 1 aromatic rings. The van der Waals surface area contributed by atoms with Crippen molar-refractivity contribution in [1.82, 2.24) is 9.80 Å². The van der Waals surface area contributed by atoms with Crippen LogP contribution in [-0.2, 0) is 14.9 Å². The number of hydrogen-bond donors (Lipinski definition) is 0.